The summed E-state index contributed by atoms with van der Waals surface area (Å²) in [6.45, 7) is 1.30. The summed E-state index contributed by atoms with van der Waals surface area (Å²) in [5, 5.41) is 19.1. The molecule has 7 heteroatoms. The number of nitrogens with zero attached hydrogens (tertiary/aromatic N) is 5. The SMILES string of the molecule is N#CCC(=O)N1CCC(c2[nH]ccc3nnc4nccc4c23)C1. The summed E-state index contributed by atoms with van der Waals surface area (Å²) in [6, 6.07) is 5.76. The zero-order chi connectivity index (χ0) is 15.8. The van der Waals surface area contributed by atoms with E-state index in [0.717, 1.165) is 28.4 Å². The molecule has 0 aliphatic carbocycles. The van der Waals surface area contributed by atoms with Crippen molar-refractivity contribution in [2.45, 2.75) is 18.8 Å². The molecular formula is C16H14N6O. The number of hydrogen-bond acceptors (Lipinski definition) is 5. The van der Waals surface area contributed by atoms with Crippen LogP contribution in [-0.4, -0.2) is 44.1 Å². The zero-order valence-corrected chi connectivity index (χ0v) is 12.4. The predicted octanol–water partition coefficient (Wildman–Crippen LogP) is 1.74. The van der Waals surface area contributed by atoms with Crippen LogP contribution < -0.4 is 0 Å². The maximum absolute atomic E-state index is 11.9. The quantitative estimate of drug-likeness (QED) is 0.777. The van der Waals surface area contributed by atoms with Gasteiger partial charge in [0, 0.05) is 47.9 Å². The Labute approximate surface area is 131 Å². The Morgan fingerprint density at radius 1 is 1.43 bits per heavy atom. The molecule has 23 heavy (non-hydrogen) atoms. The third-order valence-electron chi connectivity index (χ3n) is 4.39. The molecule has 4 heterocycles. The monoisotopic (exact) mass is 306 g/mol. The van der Waals surface area contributed by atoms with Crippen LogP contribution in [-0.2, 0) is 4.79 Å². The Morgan fingerprint density at radius 2 is 2.35 bits per heavy atom. The Morgan fingerprint density at radius 3 is 3.22 bits per heavy atom. The van der Waals surface area contributed by atoms with Crippen LogP contribution in [0.2, 0.25) is 0 Å². The lowest BCUT2D eigenvalue weighted by Gasteiger charge is -2.16. The number of fused-ring (bicyclic) bond motifs is 3. The van der Waals surface area contributed by atoms with Gasteiger partial charge in [-0.3, -0.25) is 4.79 Å². The lowest BCUT2D eigenvalue weighted by atomic mass is 9.99. The summed E-state index contributed by atoms with van der Waals surface area (Å²) in [5.74, 6) is 0.0961. The van der Waals surface area contributed by atoms with Crippen molar-refractivity contribution in [3.05, 3.63) is 30.2 Å². The molecular weight excluding hydrogens is 292 g/mol. The van der Waals surface area contributed by atoms with Crippen LogP contribution in [0.4, 0.5) is 0 Å². The molecule has 4 rings (SSSR count). The van der Waals surface area contributed by atoms with Gasteiger partial charge in [-0.05, 0) is 18.6 Å². The lowest BCUT2D eigenvalue weighted by Crippen LogP contribution is -2.27. The average molecular weight is 306 g/mol. The third-order valence-corrected chi connectivity index (χ3v) is 4.39. The largest absolute Gasteiger partial charge is 0.364 e. The van der Waals surface area contributed by atoms with Gasteiger partial charge in [-0.1, -0.05) is 0 Å². The van der Waals surface area contributed by atoms with Crippen LogP contribution in [0.1, 0.15) is 24.5 Å². The minimum atomic E-state index is -0.102. The smallest absolute Gasteiger partial charge is 0.236 e. The van der Waals surface area contributed by atoms with Crippen molar-refractivity contribution in [1.29, 1.82) is 5.26 Å². The molecule has 1 unspecified atom stereocenters. The molecule has 0 radical (unpaired) electrons. The molecule has 3 aromatic heterocycles. The van der Waals surface area contributed by atoms with Crippen LogP contribution in [0.15, 0.2) is 24.5 Å². The summed E-state index contributed by atoms with van der Waals surface area (Å²) >= 11 is 0. The molecule has 7 nitrogen and oxygen atoms in total. The van der Waals surface area contributed by atoms with E-state index in [1.54, 1.807) is 11.1 Å². The molecule has 1 saturated heterocycles. The van der Waals surface area contributed by atoms with Crippen LogP contribution in [0.25, 0.3) is 21.9 Å². The topological polar surface area (TPSA) is 98.6 Å². The van der Waals surface area contributed by atoms with Gasteiger partial charge in [-0.15, -0.1) is 10.2 Å². The molecule has 114 valence electrons. The summed E-state index contributed by atoms with van der Waals surface area (Å²) < 4.78 is 0. The van der Waals surface area contributed by atoms with Gasteiger partial charge >= 0.3 is 0 Å². The van der Waals surface area contributed by atoms with Gasteiger partial charge in [-0.2, -0.15) is 5.26 Å². The zero-order valence-electron chi connectivity index (χ0n) is 12.4. The molecule has 1 N–H and O–H groups in total. The normalized spacial score (nSPS) is 17.7. The second-order valence-electron chi connectivity index (χ2n) is 5.69. The molecule has 3 aromatic rings. The Hall–Kier alpha value is -3.01. The summed E-state index contributed by atoms with van der Waals surface area (Å²) in [7, 11) is 0. The number of carbonyl (C=O) groups excluding carboxylic acids is 1. The number of likely N-dealkylation sites (tertiary alicyclic amines) is 1. The van der Waals surface area contributed by atoms with Gasteiger partial charge < -0.3 is 9.88 Å². The number of H-pyrrole nitrogens is 1. The highest BCUT2D eigenvalue weighted by Crippen LogP contribution is 2.33. The van der Waals surface area contributed by atoms with E-state index in [9.17, 15) is 4.79 Å². The number of rotatable bonds is 2. The number of aromatic nitrogens is 4. The maximum atomic E-state index is 11.9. The number of amides is 1. The van der Waals surface area contributed by atoms with Crippen LogP contribution in [0.3, 0.4) is 0 Å². The number of carbonyl (C=O) groups is 1. The number of aromatic amines is 1. The van der Waals surface area contributed by atoms with Crippen molar-refractivity contribution >= 4 is 27.8 Å². The molecule has 0 aromatic carbocycles. The molecule has 1 aliphatic rings. The van der Waals surface area contributed by atoms with Crippen molar-refractivity contribution in [2.24, 2.45) is 0 Å². The van der Waals surface area contributed by atoms with E-state index >= 15 is 0 Å². The fourth-order valence-corrected chi connectivity index (χ4v) is 3.30. The van der Waals surface area contributed by atoms with E-state index in [4.69, 9.17) is 5.26 Å². The molecule has 0 spiro atoms. The fourth-order valence-electron chi connectivity index (χ4n) is 3.30. The molecule has 1 amide bonds. The molecule has 1 fully saturated rings. The predicted molar refractivity (Wildman–Crippen MR) is 83.4 cm³/mol. The van der Waals surface area contributed by atoms with Crippen LogP contribution >= 0.6 is 0 Å². The van der Waals surface area contributed by atoms with E-state index in [1.807, 2.05) is 24.4 Å². The van der Waals surface area contributed by atoms with Gasteiger partial charge in [0.25, 0.3) is 0 Å². The van der Waals surface area contributed by atoms with Crippen molar-refractivity contribution in [3.63, 3.8) is 0 Å². The van der Waals surface area contributed by atoms with Gasteiger partial charge in [0.15, 0.2) is 5.65 Å². The summed E-state index contributed by atoms with van der Waals surface area (Å²) in [4.78, 5) is 21.2. The number of nitriles is 1. The van der Waals surface area contributed by atoms with E-state index in [2.05, 4.69) is 20.2 Å². The number of hydrogen-bond donors (Lipinski definition) is 1. The van der Waals surface area contributed by atoms with Crippen molar-refractivity contribution in [2.75, 3.05) is 13.1 Å². The molecule has 0 saturated carbocycles. The summed E-state index contributed by atoms with van der Waals surface area (Å²) in [6.07, 6.45) is 4.39. The highest BCUT2D eigenvalue weighted by Gasteiger charge is 2.29. The van der Waals surface area contributed by atoms with E-state index in [0.29, 0.717) is 18.7 Å². The lowest BCUT2D eigenvalue weighted by molar-refractivity contribution is -0.129. The highest BCUT2D eigenvalue weighted by atomic mass is 16.2. The Balaban J connectivity index is 1.76. The molecule has 0 bridgehead atoms. The summed E-state index contributed by atoms with van der Waals surface area (Å²) in [5.41, 5.74) is 2.51. The van der Waals surface area contributed by atoms with Crippen molar-refractivity contribution < 1.29 is 4.79 Å². The van der Waals surface area contributed by atoms with Gasteiger partial charge in [0.2, 0.25) is 5.91 Å². The minimum Gasteiger partial charge on any atom is -0.364 e. The molecule has 1 atom stereocenters. The first-order valence-corrected chi connectivity index (χ1v) is 7.51. The second-order valence-corrected chi connectivity index (χ2v) is 5.69. The Bertz CT molecular complexity index is 941. The highest BCUT2D eigenvalue weighted by molar-refractivity contribution is 6.04. The third kappa shape index (κ3) is 2.19. The average Bonchev–Trinajstić information content (AvgIpc) is 3.23. The van der Waals surface area contributed by atoms with Gasteiger partial charge in [0.1, 0.15) is 6.42 Å². The van der Waals surface area contributed by atoms with Crippen molar-refractivity contribution in [3.8, 4) is 6.07 Å². The number of pyridine rings is 1. The van der Waals surface area contributed by atoms with Gasteiger partial charge in [0.05, 0.1) is 11.6 Å². The maximum Gasteiger partial charge on any atom is 0.236 e. The van der Waals surface area contributed by atoms with E-state index in [1.165, 1.54) is 0 Å². The van der Waals surface area contributed by atoms with E-state index < -0.39 is 0 Å². The van der Waals surface area contributed by atoms with Crippen molar-refractivity contribution in [1.82, 2.24) is 25.1 Å². The van der Waals surface area contributed by atoms with Crippen LogP contribution in [0, 0.1) is 11.3 Å². The second kappa shape index (κ2) is 5.32. The minimum absolute atomic E-state index is 0.0610. The van der Waals surface area contributed by atoms with E-state index in [-0.39, 0.29) is 18.2 Å². The number of nitrogens with one attached hydrogen (secondary N) is 1. The Kier molecular flexibility index (Phi) is 3.15. The standard InChI is InChI=1S/C16H14N6O/c17-5-1-13(23)22-8-4-10(9-22)15-14-11-2-6-19-16(11)21-20-12(14)3-7-18-15/h2-3,6-7,10,18H,1,4,8-9H2. The fraction of sp³-hybridized carbons (Fsp3) is 0.312. The first kappa shape index (κ1) is 13.6. The first-order valence-electron chi connectivity index (χ1n) is 7.51. The van der Waals surface area contributed by atoms with Crippen LogP contribution in [0.5, 0.6) is 0 Å². The molecule has 1 aliphatic heterocycles. The van der Waals surface area contributed by atoms with Gasteiger partial charge in [-0.25, -0.2) is 4.98 Å². The first-order chi connectivity index (χ1) is 11.3.